The van der Waals surface area contributed by atoms with Crippen LogP contribution in [0.1, 0.15) is 17.5 Å². The normalized spacial score (nSPS) is 13.6. The van der Waals surface area contributed by atoms with Gasteiger partial charge in [-0.2, -0.15) is 0 Å². The number of hydrogen-bond acceptors (Lipinski definition) is 3. The fourth-order valence-corrected chi connectivity index (χ4v) is 2.92. The van der Waals surface area contributed by atoms with Crippen molar-refractivity contribution < 1.29 is 4.92 Å². The molecule has 98 valence electrons. The first-order chi connectivity index (χ1) is 9.08. The van der Waals surface area contributed by atoms with Crippen molar-refractivity contribution in [2.24, 2.45) is 0 Å². The van der Waals surface area contributed by atoms with Crippen molar-refractivity contribution >= 4 is 22.1 Å². The first kappa shape index (κ1) is 12.0. The van der Waals surface area contributed by atoms with E-state index in [2.05, 4.69) is 6.07 Å². The van der Waals surface area contributed by atoms with Gasteiger partial charge in [-0.3, -0.25) is 10.1 Å². The first-order valence-corrected chi connectivity index (χ1v) is 6.48. The van der Waals surface area contributed by atoms with E-state index in [1.54, 1.807) is 0 Å². The Morgan fingerprint density at radius 3 is 2.68 bits per heavy atom. The second-order valence-electron chi connectivity index (χ2n) is 5.27. The fraction of sp³-hybridized carbons (Fsp3) is 0.333. The van der Waals surface area contributed by atoms with Crippen LogP contribution in [-0.2, 0) is 12.8 Å². The maximum absolute atomic E-state index is 11.4. The topological polar surface area (TPSA) is 46.4 Å². The van der Waals surface area contributed by atoms with E-state index in [4.69, 9.17) is 0 Å². The fourth-order valence-electron chi connectivity index (χ4n) is 2.92. The van der Waals surface area contributed by atoms with Crippen LogP contribution in [0.5, 0.6) is 0 Å². The monoisotopic (exact) mass is 256 g/mol. The molecule has 1 aliphatic rings. The molecule has 0 atom stereocenters. The van der Waals surface area contributed by atoms with Crippen molar-refractivity contribution in [1.82, 2.24) is 0 Å². The van der Waals surface area contributed by atoms with Gasteiger partial charge >= 0.3 is 0 Å². The van der Waals surface area contributed by atoms with Crippen LogP contribution in [-0.4, -0.2) is 19.0 Å². The number of nitrogens with zero attached hydrogens (tertiary/aromatic N) is 2. The van der Waals surface area contributed by atoms with Crippen LogP contribution in [0.3, 0.4) is 0 Å². The van der Waals surface area contributed by atoms with Gasteiger partial charge in [0.25, 0.3) is 5.69 Å². The predicted octanol–water partition coefficient (Wildman–Crippen LogP) is 3.30. The van der Waals surface area contributed by atoms with E-state index in [0.717, 1.165) is 46.8 Å². The third kappa shape index (κ3) is 1.84. The minimum atomic E-state index is -0.220. The molecular weight excluding hydrogens is 240 g/mol. The molecule has 0 aromatic heterocycles. The molecule has 0 heterocycles. The second-order valence-corrected chi connectivity index (χ2v) is 5.27. The zero-order chi connectivity index (χ0) is 13.6. The number of aryl methyl sites for hydroxylation is 1. The second kappa shape index (κ2) is 4.23. The smallest absolute Gasteiger partial charge is 0.280 e. The molecule has 1 aliphatic carbocycles. The molecule has 0 aliphatic heterocycles. The summed E-state index contributed by atoms with van der Waals surface area (Å²) in [6.07, 6.45) is 2.81. The van der Waals surface area contributed by atoms with Crippen molar-refractivity contribution in [3.05, 3.63) is 45.5 Å². The standard InChI is InChI=1S/C15H16N2O2/c1-16(2)12-6-7-14-11(9-12)8-10-4-3-5-13(10)15(14)17(18)19/h6-9H,3-5H2,1-2H3. The molecule has 0 saturated heterocycles. The Morgan fingerprint density at radius 2 is 2.00 bits per heavy atom. The molecule has 3 rings (SSSR count). The summed E-state index contributed by atoms with van der Waals surface area (Å²) in [6, 6.07) is 7.97. The third-order valence-electron chi connectivity index (χ3n) is 3.87. The van der Waals surface area contributed by atoms with E-state index < -0.39 is 0 Å². The Bertz CT molecular complexity index is 677. The summed E-state index contributed by atoms with van der Waals surface area (Å²) < 4.78 is 0. The Morgan fingerprint density at radius 1 is 1.21 bits per heavy atom. The van der Waals surface area contributed by atoms with Gasteiger partial charge < -0.3 is 4.90 Å². The molecule has 19 heavy (non-hydrogen) atoms. The lowest BCUT2D eigenvalue weighted by Crippen LogP contribution is -2.08. The van der Waals surface area contributed by atoms with Gasteiger partial charge in [-0.05, 0) is 48.4 Å². The van der Waals surface area contributed by atoms with Crippen molar-refractivity contribution in [3.8, 4) is 0 Å². The molecular formula is C15H16N2O2. The molecule has 2 aromatic carbocycles. The molecule has 0 fully saturated rings. The van der Waals surface area contributed by atoms with Crippen LogP contribution >= 0.6 is 0 Å². The van der Waals surface area contributed by atoms with E-state index in [-0.39, 0.29) is 4.92 Å². The van der Waals surface area contributed by atoms with Gasteiger partial charge in [0.2, 0.25) is 0 Å². The van der Waals surface area contributed by atoms with Gasteiger partial charge in [0.05, 0.1) is 10.3 Å². The highest BCUT2D eigenvalue weighted by Gasteiger charge is 2.25. The molecule has 4 heteroatoms. The van der Waals surface area contributed by atoms with Crippen LogP contribution in [0, 0.1) is 10.1 Å². The number of nitro benzene ring substituents is 1. The molecule has 0 bridgehead atoms. The molecule has 2 aromatic rings. The zero-order valence-corrected chi connectivity index (χ0v) is 11.1. The van der Waals surface area contributed by atoms with Gasteiger partial charge in [0.1, 0.15) is 0 Å². The molecule has 0 saturated carbocycles. The third-order valence-corrected chi connectivity index (χ3v) is 3.87. The van der Waals surface area contributed by atoms with Crippen LogP contribution in [0.25, 0.3) is 10.8 Å². The largest absolute Gasteiger partial charge is 0.378 e. The zero-order valence-electron chi connectivity index (χ0n) is 11.1. The van der Waals surface area contributed by atoms with E-state index in [0.29, 0.717) is 5.69 Å². The maximum Gasteiger partial charge on any atom is 0.280 e. The van der Waals surface area contributed by atoms with Crippen molar-refractivity contribution in [1.29, 1.82) is 0 Å². The highest BCUT2D eigenvalue weighted by Crippen LogP contribution is 2.38. The summed E-state index contributed by atoms with van der Waals surface area (Å²) in [4.78, 5) is 13.2. The van der Waals surface area contributed by atoms with Gasteiger partial charge in [-0.25, -0.2) is 0 Å². The van der Waals surface area contributed by atoms with E-state index in [9.17, 15) is 10.1 Å². The summed E-state index contributed by atoms with van der Waals surface area (Å²) in [6.45, 7) is 0. The molecule has 4 nitrogen and oxygen atoms in total. The van der Waals surface area contributed by atoms with Crippen molar-refractivity contribution in [2.75, 3.05) is 19.0 Å². The Hall–Kier alpha value is -2.10. The summed E-state index contributed by atoms with van der Waals surface area (Å²) in [5, 5.41) is 13.1. The highest BCUT2D eigenvalue weighted by atomic mass is 16.6. The van der Waals surface area contributed by atoms with Crippen LogP contribution in [0.4, 0.5) is 11.4 Å². The average Bonchev–Trinajstić information content (AvgIpc) is 2.81. The van der Waals surface area contributed by atoms with Crippen LogP contribution < -0.4 is 4.90 Å². The highest BCUT2D eigenvalue weighted by molar-refractivity contribution is 5.95. The number of fused-ring (bicyclic) bond motifs is 2. The minimum absolute atomic E-state index is 0.220. The SMILES string of the molecule is CN(C)c1ccc2c([N+](=O)[O-])c3c(cc2c1)CCC3. The van der Waals surface area contributed by atoms with Crippen molar-refractivity contribution in [2.45, 2.75) is 19.3 Å². The maximum atomic E-state index is 11.4. The number of benzene rings is 2. The summed E-state index contributed by atoms with van der Waals surface area (Å²) in [5.74, 6) is 0. The molecule has 0 unspecified atom stereocenters. The minimum Gasteiger partial charge on any atom is -0.378 e. The van der Waals surface area contributed by atoms with Gasteiger partial charge in [-0.1, -0.05) is 6.07 Å². The van der Waals surface area contributed by atoms with Crippen LogP contribution in [0.15, 0.2) is 24.3 Å². The van der Waals surface area contributed by atoms with E-state index in [1.165, 1.54) is 0 Å². The Kier molecular flexibility index (Phi) is 2.66. The molecule has 0 amide bonds. The first-order valence-electron chi connectivity index (χ1n) is 6.48. The Balaban J connectivity index is 2.34. The predicted molar refractivity (Wildman–Crippen MR) is 77.0 cm³/mol. The molecule has 0 N–H and O–H groups in total. The number of hydrogen-bond donors (Lipinski definition) is 0. The summed E-state index contributed by atoms with van der Waals surface area (Å²) >= 11 is 0. The van der Waals surface area contributed by atoms with E-state index >= 15 is 0 Å². The van der Waals surface area contributed by atoms with Crippen molar-refractivity contribution in [3.63, 3.8) is 0 Å². The number of rotatable bonds is 2. The summed E-state index contributed by atoms with van der Waals surface area (Å²) in [5.41, 5.74) is 3.47. The number of anilines is 1. The van der Waals surface area contributed by atoms with Gasteiger partial charge in [-0.15, -0.1) is 0 Å². The lowest BCUT2D eigenvalue weighted by molar-refractivity contribution is -0.383. The van der Waals surface area contributed by atoms with Crippen LogP contribution in [0.2, 0.25) is 0 Å². The average molecular weight is 256 g/mol. The lowest BCUT2D eigenvalue weighted by atomic mass is 9.99. The van der Waals surface area contributed by atoms with E-state index in [1.807, 2.05) is 37.2 Å². The molecule has 0 spiro atoms. The quantitative estimate of drug-likeness (QED) is 0.611. The lowest BCUT2D eigenvalue weighted by Gasteiger charge is -2.14. The summed E-state index contributed by atoms with van der Waals surface area (Å²) in [7, 11) is 3.95. The van der Waals surface area contributed by atoms with Gasteiger partial charge in [0.15, 0.2) is 0 Å². The number of nitro groups is 1. The Labute approximate surface area is 111 Å². The molecule has 0 radical (unpaired) electrons. The van der Waals surface area contributed by atoms with Gasteiger partial charge in [0, 0.05) is 25.3 Å².